The van der Waals surface area contributed by atoms with E-state index in [1.807, 2.05) is 26.2 Å². The van der Waals surface area contributed by atoms with Crippen LogP contribution in [0.3, 0.4) is 0 Å². The van der Waals surface area contributed by atoms with Crippen molar-refractivity contribution in [3.63, 3.8) is 0 Å². The summed E-state index contributed by atoms with van der Waals surface area (Å²) in [5, 5.41) is 13.3. The molecule has 0 saturated carbocycles. The molecule has 0 fully saturated rings. The quantitative estimate of drug-likeness (QED) is 0.649. The molecule has 0 aromatic carbocycles. The number of hydrogen-bond acceptors (Lipinski definition) is 3. The Bertz CT molecular complexity index is 253. The van der Waals surface area contributed by atoms with Crippen molar-refractivity contribution >= 4 is 0 Å². The van der Waals surface area contributed by atoms with Crippen molar-refractivity contribution in [2.24, 2.45) is 12.8 Å². The summed E-state index contributed by atoms with van der Waals surface area (Å²) in [5.74, 6) is 0. The number of nitrogens with zero attached hydrogens (tertiary/aromatic N) is 2. The average molecular weight is 169 g/mol. The van der Waals surface area contributed by atoms with Crippen molar-refractivity contribution in [1.82, 2.24) is 9.78 Å². The van der Waals surface area contributed by atoms with E-state index in [-0.39, 0.29) is 6.61 Å². The number of hydrogen-bond donors (Lipinski definition) is 2. The molecule has 1 heterocycles. The molecule has 0 aliphatic heterocycles. The van der Waals surface area contributed by atoms with Crippen LogP contribution in [0.4, 0.5) is 0 Å². The van der Waals surface area contributed by atoms with Gasteiger partial charge < -0.3 is 10.8 Å². The fraction of sp³-hybridized carbons (Fsp3) is 0.625. The van der Waals surface area contributed by atoms with E-state index in [2.05, 4.69) is 5.10 Å². The molecule has 0 saturated heterocycles. The van der Waals surface area contributed by atoms with Crippen LogP contribution >= 0.6 is 0 Å². The topological polar surface area (TPSA) is 64.1 Å². The second kappa shape index (κ2) is 3.25. The first-order valence-corrected chi connectivity index (χ1v) is 3.93. The maximum atomic E-state index is 9.12. The van der Waals surface area contributed by atoms with Gasteiger partial charge in [-0.3, -0.25) is 4.68 Å². The summed E-state index contributed by atoms with van der Waals surface area (Å²) in [5.41, 5.74) is 5.99. The Hall–Kier alpha value is -0.870. The zero-order valence-corrected chi connectivity index (χ0v) is 7.49. The zero-order valence-electron chi connectivity index (χ0n) is 7.49. The fourth-order valence-electron chi connectivity index (χ4n) is 0.987. The molecule has 1 aromatic heterocycles. The maximum absolute atomic E-state index is 9.12. The van der Waals surface area contributed by atoms with E-state index in [1.54, 1.807) is 4.68 Å². The normalized spacial score (nSPS) is 16.0. The molecular weight excluding hydrogens is 154 g/mol. The van der Waals surface area contributed by atoms with Crippen molar-refractivity contribution in [3.8, 4) is 0 Å². The van der Waals surface area contributed by atoms with Gasteiger partial charge in [0, 0.05) is 25.2 Å². The predicted molar refractivity (Wildman–Crippen MR) is 46.7 cm³/mol. The number of aliphatic hydroxyl groups excluding tert-OH is 1. The number of aromatic nitrogens is 2. The molecule has 1 atom stereocenters. The van der Waals surface area contributed by atoms with Crippen LogP contribution in [-0.2, 0) is 12.5 Å². The van der Waals surface area contributed by atoms with Gasteiger partial charge in [-0.1, -0.05) is 6.92 Å². The molecule has 12 heavy (non-hydrogen) atoms. The summed E-state index contributed by atoms with van der Waals surface area (Å²) in [6.45, 7) is 2.33. The summed E-state index contributed by atoms with van der Waals surface area (Å²) in [6.07, 6.45) is 1.85. The largest absolute Gasteiger partial charge is 0.395 e. The second-order valence-corrected chi connectivity index (χ2v) is 3.30. The third-order valence-corrected chi connectivity index (χ3v) is 2.13. The molecule has 1 unspecified atom stereocenters. The van der Waals surface area contributed by atoms with Gasteiger partial charge in [0.15, 0.2) is 0 Å². The summed E-state index contributed by atoms with van der Waals surface area (Å²) in [7, 11) is 1.85. The van der Waals surface area contributed by atoms with Gasteiger partial charge in [0.05, 0.1) is 12.3 Å². The Labute approximate surface area is 72.0 Å². The van der Waals surface area contributed by atoms with Gasteiger partial charge in [-0.2, -0.15) is 5.10 Å². The van der Waals surface area contributed by atoms with Crippen LogP contribution in [0.25, 0.3) is 0 Å². The highest BCUT2D eigenvalue weighted by molar-refractivity contribution is 5.14. The van der Waals surface area contributed by atoms with Crippen LogP contribution in [0.5, 0.6) is 0 Å². The molecule has 0 amide bonds. The third kappa shape index (κ3) is 1.49. The van der Waals surface area contributed by atoms with Gasteiger partial charge in [-0.25, -0.2) is 0 Å². The van der Waals surface area contributed by atoms with Gasteiger partial charge in [-0.05, 0) is 6.07 Å². The van der Waals surface area contributed by atoms with Crippen LogP contribution in [0.15, 0.2) is 12.3 Å². The fourth-order valence-corrected chi connectivity index (χ4v) is 0.987. The highest BCUT2D eigenvalue weighted by Gasteiger charge is 2.26. The van der Waals surface area contributed by atoms with Crippen molar-refractivity contribution in [2.45, 2.75) is 12.3 Å². The Morgan fingerprint density at radius 2 is 2.42 bits per heavy atom. The van der Waals surface area contributed by atoms with E-state index in [0.717, 1.165) is 5.69 Å². The first kappa shape index (κ1) is 9.22. The molecule has 0 aliphatic carbocycles. The lowest BCUT2D eigenvalue weighted by Crippen LogP contribution is -2.36. The van der Waals surface area contributed by atoms with Gasteiger partial charge in [0.1, 0.15) is 0 Å². The van der Waals surface area contributed by atoms with Crippen LogP contribution in [0.1, 0.15) is 12.6 Å². The van der Waals surface area contributed by atoms with Crippen LogP contribution in [-0.4, -0.2) is 28.0 Å². The predicted octanol–water partition coefficient (Wildman–Crippen LogP) is -0.371. The van der Waals surface area contributed by atoms with Crippen molar-refractivity contribution < 1.29 is 5.11 Å². The number of rotatable bonds is 3. The number of nitrogens with two attached hydrogens (primary N) is 1. The third-order valence-electron chi connectivity index (χ3n) is 2.13. The minimum atomic E-state index is -0.402. The van der Waals surface area contributed by atoms with E-state index in [1.165, 1.54) is 0 Å². The number of aryl methyl sites for hydroxylation is 1. The monoisotopic (exact) mass is 169 g/mol. The molecule has 0 bridgehead atoms. The second-order valence-electron chi connectivity index (χ2n) is 3.30. The molecular formula is C8H15N3O. The number of aliphatic hydroxyl groups is 1. The smallest absolute Gasteiger partial charge is 0.0719 e. The Morgan fingerprint density at radius 1 is 1.75 bits per heavy atom. The van der Waals surface area contributed by atoms with E-state index in [0.29, 0.717) is 6.54 Å². The van der Waals surface area contributed by atoms with Crippen molar-refractivity contribution in [3.05, 3.63) is 18.0 Å². The van der Waals surface area contributed by atoms with E-state index >= 15 is 0 Å². The van der Waals surface area contributed by atoms with E-state index < -0.39 is 5.41 Å². The lowest BCUT2D eigenvalue weighted by molar-refractivity contribution is 0.206. The highest BCUT2D eigenvalue weighted by Crippen LogP contribution is 2.19. The minimum Gasteiger partial charge on any atom is -0.395 e. The van der Waals surface area contributed by atoms with Crippen LogP contribution in [0, 0.1) is 0 Å². The first-order chi connectivity index (χ1) is 5.62. The first-order valence-electron chi connectivity index (χ1n) is 3.93. The standard InChI is InChI=1S/C8H15N3O/c1-8(5-9,6-12)7-3-4-11(2)10-7/h3-4,12H,5-6,9H2,1-2H3. The van der Waals surface area contributed by atoms with E-state index in [4.69, 9.17) is 10.8 Å². The molecule has 1 rings (SSSR count). The molecule has 3 N–H and O–H groups in total. The average Bonchev–Trinajstić information content (AvgIpc) is 2.51. The van der Waals surface area contributed by atoms with Crippen LogP contribution < -0.4 is 5.73 Å². The van der Waals surface area contributed by atoms with Crippen LogP contribution in [0.2, 0.25) is 0 Å². The Balaban J connectivity index is 2.94. The lowest BCUT2D eigenvalue weighted by atomic mass is 9.88. The summed E-state index contributed by atoms with van der Waals surface area (Å²) >= 11 is 0. The summed E-state index contributed by atoms with van der Waals surface area (Å²) in [6, 6.07) is 1.88. The van der Waals surface area contributed by atoms with E-state index in [9.17, 15) is 0 Å². The van der Waals surface area contributed by atoms with Gasteiger partial charge in [0.2, 0.25) is 0 Å². The van der Waals surface area contributed by atoms with Gasteiger partial charge in [0.25, 0.3) is 0 Å². The zero-order chi connectivity index (χ0) is 9.19. The summed E-state index contributed by atoms with van der Waals surface area (Å²) in [4.78, 5) is 0. The molecule has 4 nitrogen and oxygen atoms in total. The van der Waals surface area contributed by atoms with Gasteiger partial charge in [-0.15, -0.1) is 0 Å². The molecule has 68 valence electrons. The highest BCUT2D eigenvalue weighted by atomic mass is 16.3. The SMILES string of the molecule is Cn1ccc(C(C)(CN)CO)n1. The molecule has 4 heteroatoms. The minimum absolute atomic E-state index is 0.0283. The van der Waals surface area contributed by atoms with Gasteiger partial charge >= 0.3 is 0 Å². The van der Waals surface area contributed by atoms with Crippen molar-refractivity contribution in [1.29, 1.82) is 0 Å². The molecule has 0 radical (unpaired) electrons. The maximum Gasteiger partial charge on any atom is 0.0719 e. The van der Waals surface area contributed by atoms with Crippen molar-refractivity contribution in [2.75, 3.05) is 13.2 Å². The summed E-state index contributed by atoms with van der Waals surface area (Å²) < 4.78 is 1.71. The molecule has 0 aliphatic rings. The Kier molecular flexibility index (Phi) is 2.49. The lowest BCUT2D eigenvalue weighted by Gasteiger charge is -2.22. The molecule has 0 spiro atoms. The Morgan fingerprint density at radius 3 is 2.75 bits per heavy atom. The molecule has 1 aromatic rings.